The van der Waals surface area contributed by atoms with Crippen molar-refractivity contribution in [3.63, 3.8) is 0 Å². The van der Waals surface area contributed by atoms with Crippen molar-refractivity contribution in [2.75, 3.05) is 37.7 Å². The summed E-state index contributed by atoms with van der Waals surface area (Å²) in [5.41, 5.74) is 2.02. The predicted octanol–water partition coefficient (Wildman–Crippen LogP) is 3.87. The van der Waals surface area contributed by atoms with Gasteiger partial charge in [0.05, 0.1) is 25.5 Å². The van der Waals surface area contributed by atoms with Crippen LogP contribution in [0.1, 0.15) is 5.56 Å². The maximum absolute atomic E-state index is 13.6. The molecular formula is C26H22N2O6. The summed E-state index contributed by atoms with van der Waals surface area (Å²) in [5.74, 6) is 1.48. The number of fused-ring (bicyclic) bond motifs is 1. The van der Waals surface area contributed by atoms with Crippen LogP contribution in [0.3, 0.4) is 0 Å². The third-order valence-electron chi connectivity index (χ3n) is 5.59. The summed E-state index contributed by atoms with van der Waals surface area (Å²) in [6.45, 7) is 0.923. The van der Waals surface area contributed by atoms with Gasteiger partial charge in [-0.05, 0) is 42.0 Å². The Morgan fingerprint density at radius 1 is 0.794 bits per heavy atom. The van der Waals surface area contributed by atoms with Crippen LogP contribution in [0.5, 0.6) is 23.0 Å². The summed E-state index contributed by atoms with van der Waals surface area (Å²) < 4.78 is 21.8. The first-order valence-electron chi connectivity index (χ1n) is 10.7. The number of anilines is 2. The summed E-state index contributed by atoms with van der Waals surface area (Å²) in [4.78, 5) is 28.3. The Morgan fingerprint density at radius 2 is 1.53 bits per heavy atom. The zero-order valence-electron chi connectivity index (χ0n) is 18.7. The molecule has 0 radical (unpaired) electrons. The fourth-order valence-electron chi connectivity index (χ4n) is 3.92. The monoisotopic (exact) mass is 458 g/mol. The third-order valence-corrected chi connectivity index (χ3v) is 5.59. The number of amides is 2. The van der Waals surface area contributed by atoms with Crippen molar-refractivity contribution in [3.05, 3.63) is 78.0 Å². The number of carbonyl (C=O) groups is 2. The first-order valence-corrected chi connectivity index (χ1v) is 10.7. The fourth-order valence-corrected chi connectivity index (χ4v) is 3.92. The summed E-state index contributed by atoms with van der Waals surface area (Å²) >= 11 is 0. The molecular weight excluding hydrogens is 436 g/mol. The van der Waals surface area contributed by atoms with E-state index in [1.54, 1.807) is 73.8 Å². The molecule has 34 heavy (non-hydrogen) atoms. The number of hydrogen-bond donors (Lipinski definition) is 1. The zero-order valence-corrected chi connectivity index (χ0v) is 18.7. The molecule has 3 aromatic carbocycles. The van der Waals surface area contributed by atoms with Gasteiger partial charge in [-0.25, -0.2) is 4.90 Å². The van der Waals surface area contributed by atoms with E-state index in [0.717, 1.165) is 4.90 Å². The lowest BCUT2D eigenvalue weighted by Gasteiger charge is -2.19. The minimum atomic E-state index is -0.473. The van der Waals surface area contributed by atoms with Gasteiger partial charge in [-0.2, -0.15) is 0 Å². The highest BCUT2D eigenvalue weighted by atomic mass is 16.6. The largest absolute Gasteiger partial charge is 0.497 e. The number of ether oxygens (including phenoxy) is 4. The van der Waals surface area contributed by atoms with E-state index in [-0.39, 0.29) is 11.3 Å². The lowest BCUT2D eigenvalue weighted by Crippen LogP contribution is -2.32. The number of methoxy groups -OCH3 is 2. The Labute approximate surface area is 196 Å². The van der Waals surface area contributed by atoms with Crippen molar-refractivity contribution in [3.8, 4) is 23.0 Å². The molecule has 0 bridgehead atoms. The van der Waals surface area contributed by atoms with Crippen molar-refractivity contribution in [2.45, 2.75) is 0 Å². The van der Waals surface area contributed by atoms with Crippen LogP contribution in [0.2, 0.25) is 0 Å². The van der Waals surface area contributed by atoms with Gasteiger partial charge in [0.15, 0.2) is 11.5 Å². The first-order chi connectivity index (χ1) is 16.6. The average Bonchev–Trinajstić information content (AvgIpc) is 3.12. The Balaban J connectivity index is 1.58. The Bertz CT molecular complexity index is 1300. The normalized spacial score (nSPS) is 14.9. The number of carbonyl (C=O) groups excluding carboxylic acids is 2. The predicted molar refractivity (Wildman–Crippen MR) is 126 cm³/mol. The summed E-state index contributed by atoms with van der Waals surface area (Å²) in [6, 6.07) is 19.1. The van der Waals surface area contributed by atoms with Crippen molar-refractivity contribution in [1.29, 1.82) is 0 Å². The smallest absolute Gasteiger partial charge is 0.282 e. The second kappa shape index (κ2) is 8.82. The number of nitrogens with zero attached hydrogens (tertiary/aromatic N) is 1. The topological polar surface area (TPSA) is 86.3 Å². The van der Waals surface area contributed by atoms with Gasteiger partial charge < -0.3 is 24.3 Å². The average molecular weight is 458 g/mol. The molecule has 0 fully saturated rings. The lowest BCUT2D eigenvalue weighted by molar-refractivity contribution is -0.120. The highest BCUT2D eigenvalue weighted by Crippen LogP contribution is 2.37. The van der Waals surface area contributed by atoms with E-state index in [1.165, 1.54) is 7.11 Å². The number of benzene rings is 3. The third kappa shape index (κ3) is 3.79. The van der Waals surface area contributed by atoms with Crippen LogP contribution in [-0.2, 0) is 9.59 Å². The summed E-state index contributed by atoms with van der Waals surface area (Å²) in [7, 11) is 3.10. The molecule has 8 heteroatoms. The van der Waals surface area contributed by atoms with Crippen LogP contribution in [0, 0.1) is 0 Å². The number of rotatable bonds is 6. The molecule has 2 heterocycles. The van der Waals surface area contributed by atoms with E-state index in [4.69, 9.17) is 18.9 Å². The van der Waals surface area contributed by atoms with Crippen LogP contribution in [0.25, 0.3) is 5.57 Å². The molecule has 3 aromatic rings. The Kier molecular flexibility index (Phi) is 5.55. The molecule has 0 aromatic heterocycles. The Hall–Kier alpha value is -4.46. The SMILES string of the molecule is COc1ccc(C2=C(Nc3ccc4c(c3)OCCO4)C(=O)N(c3cccc(OC)c3)C2=O)cc1. The van der Waals surface area contributed by atoms with Crippen LogP contribution >= 0.6 is 0 Å². The van der Waals surface area contributed by atoms with E-state index >= 15 is 0 Å². The lowest BCUT2D eigenvalue weighted by atomic mass is 10.0. The molecule has 0 saturated carbocycles. The second-order valence-corrected chi connectivity index (χ2v) is 7.61. The Morgan fingerprint density at radius 3 is 2.26 bits per heavy atom. The van der Waals surface area contributed by atoms with E-state index < -0.39 is 11.8 Å². The standard InChI is InChI=1S/C26H22N2O6/c1-31-19-9-6-16(7-10-19)23-24(27-17-8-11-21-22(14-17)34-13-12-33-21)26(30)28(25(23)29)18-4-3-5-20(15-18)32-2/h3-11,14-15,27H,12-13H2,1-2H3. The first kappa shape index (κ1) is 21.4. The minimum absolute atomic E-state index is 0.162. The van der Waals surface area contributed by atoms with E-state index in [9.17, 15) is 9.59 Å². The minimum Gasteiger partial charge on any atom is -0.497 e. The molecule has 0 atom stereocenters. The molecule has 8 nitrogen and oxygen atoms in total. The maximum atomic E-state index is 13.6. The van der Waals surface area contributed by atoms with E-state index in [1.807, 2.05) is 0 Å². The molecule has 0 spiro atoms. The molecule has 2 amide bonds. The highest BCUT2D eigenvalue weighted by molar-refractivity contribution is 6.46. The molecule has 2 aliphatic heterocycles. The summed E-state index contributed by atoms with van der Waals surface area (Å²) in [6.07, 6.45) is 0. The number of nitrogens with one attached hydrogen (secondary N) is 1. The van der Waals surface area contributed by atoms with Crippen molar-refractivity contribution in [2.24, 2.45) is 0 Å². The van der Waals surface area contributed by atoms with Gasteiger partial charge in [0.1, 0.15) is 30.4 Å². The van der Waals surface area contributed by atoms with Crippen LogP contribution in [0.4, 0.5) is 11.4 Å². The molecule has 5 rings (SSSR count). The second-order valence-electron chi connectivity index (χ2n) is 7.61. The van der Waals surface area contributed by atoms with Crippen molar-refractivity contribution in [1.82, 2.24) is 0 Å². The van der Waals surface area contributed by atoms with Gasteiger partial charge in [0.25, 0.3) is 11.8 Å². The number of hydrogen-bond acceptors (Lipinski definition) is 7. The molecule has 1 N–H and O–H groups in total. The van der Waals surface area contributed by atoms with Crippen LogP contribution in [-0.4, -0.2) is 39.2 Å². The fraction of sp³-hybridized carbons (Fsp3) is 0.154. The molecule has 0 saturated heterocycles. The quantitative estimate of drug-likeness (QED) is 0.561. The van der Waals surface area contributed by atoms with Gasteiger partial charge in [-0.1, -0.05) is 18.2 Å². The van der Waals surface area contributed by atoms with Crippen LogP contribution in [0.15, 0.2) is 72.4 Å². The molecule has 172 valence electrons. The van der Waals surface area contributed by atoms with E-state index in [0.29, 0.717) is 53.2 Å². The van der Waals surface area contributed by atoms with Gasteiger partial charge in [0, 0.05) is 17.8 Å². The maximum Gasteiger partial charge on any atom is 0.282 e. The number of imide groups is 1. The van der Waals surface area contributed by atoms with E-state index in [2.05, 4.69) is 5.32 Å². The molecule has 2 aliphatic rings. The van der Waals surface area contributed by atoms with Gasteiger partial charge in [-0.15, -0.1) is 0 Å². The highest BCUT2D eigenvalue weighted by Gasteiger charge is 2.40. The molecule has 0 unspecified atom stereocenters. The van der Waals surface area contributed by atoms with Crippen LogP contribution < -0.4 is 29.2 Å². The van der Waals surface area contributed by atoms with Gasteiger partial charge in [0.2, 0.25) is 0 Å². The van der Waals surface area contributed by atoms with Crippen molar-refractivity contribution < 1.29 is 28.5 Å². The van der Waals surface area contributed by atoms with Crippen molar-refractivity contribution >= 4 is 28.8 Å². The molecule has 0 aliphatic carbocycles. The van der Waals surface area contributed by atoms with Gasteiger partial charge >= 0.3 is 0 Å². The van der Waals surface area contributed by atoms with Gasteiger partial charge in [-0.3, -0.25) is 9.59 Å². The summed E-state index contributed by atoms with van der Waals surface area (Å²) in [5, 5.41) is 3.15. The zero-order chi connectivity index (χ0) is 23.7.